The van der Waals surface area contributed by atoms with Crippen LogP contribution in [-0.4, -0.2) is 74.4 Å². The van der Waals surface area contributed by atoms with Crippen LogP contribution in [0.15, 0.2) is 54.6 Å². The lowest BCUT2D eigenvalue weighted by Gasteiger charge is -2.37. The van der Waals surface area contributed by atoms with E-state index >= 15 is 0 Å². The van der Waals surface area contributed by atoms with Gasteiger partial charge in [-0.25, -0.2) is 8.42 Å². The summed E-state index contributed by atoms with van der Waals surface area (Å²) in [5.41, 5.74) is 3.18. The average molecular weight is 428 g/mol. The van der Waals surface area contributed by atoms with Crippen molar-refractivity contribution in [2.75, 3.05) is 49.5 Å². The standard InChI is InChI=1S/C23H29N3O3S/c27-23(17-25-11-13-26(14-12-25)21-10-15-30(28,29)18-21)24-22-9-5-4-8-20(22)16-19-6-2-1-3-7-19/h1-9,21H,10-18H2,(H,24,27). The Hall–Kier alpha value is -2.22. The fourth-order valence-corrected chi connectivity index (χ4v) is 6.12. The predicted molar refractivity (Wildman–Crippen MR) is 119 cm³/mol. The summed E-state index contributed by atoms with van der Waals surface area (Å²) >= 11 is 0. The van der Waals surface area contributed by atoms with Crippen molar-refractivity contribution in [2.24, 2.45) is 0 Å². The molecule has 0 bridgehead atoms. The predicted octanol–water partition coefficient (Wildman–Crippen LogP) is 2.02. The lowest BCUT2D eigenvalue weighted by molar-refractivity contribution is -0.117. The summed E-state index contributed by atoms with van der Waals surface area (Å²) in [6, 6.07) is 18.3. The van der Waals surface area contributed by atoms with Crippen LogP contribution in [-0.2, 0) is 21.1 Å². The highest BCUT2D eigenvalue weighted by molar-refractivity contribution is 7.91. The van der Waals surface area contributed by atoms with Crippen LogP contribution < -0.4 is 5.32 Å². The number of carbonyl (C=O) groups excluding carboxylic acids is 1. The van der Waals surface area contributed by atoms with E-state index in [1.54, 1.807) is 0 Å². The molecule has 2 aromatic rings. The topological polar surface area (TPSA) is 69.7 Å². The maximum Gasteiger partial charge on any atom is 0.238 e. The van der Waals surface area contributed by atoms with Crippen LogP contribution in [0.1, 0.15) is 17.5 Å². The lowest BCUT2D eigenvalue weighted by atomic mass is 10.0. The Bertz CT molecular complexity index is 970. The number of nitrogens with one attached hydrogen (secondary N) is 1. The summed E-state index contributed by atoms with van der Waals surface area (Å²) in [4.78, 5) is 17.1. The zero-order chi connectivity index (χ0) is 21.0. The highest BCUT2D eigenvalue weighted by Crippen LogP contribution is 2.21. The number of carbonyl (C=O) groups is 1. The molecule has 0 radical (unpaired) electrons. The molecule has 1 unspecified atom stereocenters. The van der Waals surface area contributed by atoms with E-state index in [-0.39, 0.29) is 17.7 Å². The molecule has 0 aromatic heterocycles. The van der Waals surface area contributed by atoms with Gasteiger partial charge in [-0.2, -0.15) is 0 Å². The van der Waals surface area contributed by atoms with Crippen LogP contribution in [0.2, 0.25) is 0 Å². The van der Waals surface area contributed by atoms with Crippen molar-refractivity contribution in [3.63, 3.8) is 0 Å². The van der Waals surface area contributed by atoms with Crippen LogP contribution in [0.25, 0.3) is 0 Å². The second kappa shape index (κ2) is 9.29. The zero-order valence-electron chi connectivity index (χ0n) is 17.2. The Morgan fingerprint density at radius 3 is 2.37 bits per heavy atom. The number of hydrogen-bond donors (Lipinski definition) is 1. The molecule has 2 heterocycles. The molecule has 0 saturated carbocycles. The van der Waals surface area contributed by atoms with Gasteiger partial charge in [0.05, 0.1) is 18.1 Å². The molecule has 2 aliphatic rings. The average Bonchev–Trinajstić information content (AvgIpc) is 3.10. The van der Waals surface area contributed by atoms with Crippen LogP contribution in [0.4, 0.5) is 5.69 Å². The summed E-state index contributed by atoms with van der Waals surface area (Å²) in [5, 5.41) is 3.08. The van der Waals surface area contributed by atoms with Gasteiger partial charge in [-0.3, -0.25) is 14.6 Å². The first-order valence-corrected chi connectivity index (χ1v) is 12.4. The van der Waals surface area contributed by atoms with E-state index < -0.39 is 9.84 Å². The third-order valence-corrected chi connectivity index (χ3v) is 7.78. The van der Waals surface area contributed by atoms with Gasteiger partial charge in [-0.05, 0) is 30.0 Å². The Balaban J connectivity index is 1.29. The fourth-order valence-electron chi connectivity index (χ4n) is 4.35. The molecular weight excluding hydrogens is 398 g/mol. The van der Waals surface area contributed by atoms with E-state index in [1.165, 1.54) is 5.56 Å². The molecule has 2 aromatic carbocycles. The van der Waals surface area contributed by atoms with Crippen LogP contribution in [0.5, 0.6) is 0 Å². The molecule has 4 rings (SSSR count). The second-order valence-corrected chi connectivity index (χ2v) is 10.5. The normalized spacial score (nSPS) is 22.1. The van der Waals surface area contributed by atoms with Crippen molar-refractivity contribution >= 4 is 21.4 Å². The third-order valence-electron chi connectivity index (χ3n) is 6.03. The number of anilines is 1. The van der Waals surface area contributed by atoms with Gasteiger partial charge in [0.15, 0.2) is 9.84 Å². The van der Waals surface area contributed by atoms with E-state index in [0.717, 1.165) is 50.3 Å². The van der Waals surface area contributed by atoms with Gasteiger partial charge in [0, 0.05) is 37.9 Å². The van der Waals surface area contributed by atoms with Gasteiger partial charge in [-0.15, -0.1) is 0 Å². The van der Waals surface area contributed by atoms with Crippen LogP contribution >= 0.6 is 0 Å². The minimum absolute atomic E-state index is 0.00703. The number of amides is 1. The largest absolute Gasteiger partial charge is 0.325 e. The Labute approximate surface area is 178 Å². The quantitative estimate of drug-likeness (QED) is 0.764. The molecule has 1 N–H and O–H groups in total. The van der Waals surface area contributed by atoms with Gasteiger partial charge < -0.3 is 5.32 Å². The molecule has 1 atom stereocenters. The van der Waals surface area contributed by atoms with Gasteiger partial charge >= 0.3 is 0 Å². The van der Waals surface area contributed by atoms with Crippen molar-refractivity contribution < 1.29 is 13.2 Å². The molecule has 0 aliphatic carbocycles. The molecule has 160 valence electrons. The number of hydrogen-bond acceptors (Lipinski definition) is 5. The van der Waals surface area contributed by atoms with Gasteiger partial charge in [0.25, 0.3) is 0 Å². The molecule has 1 amide bonds. The van der Waals surface area contributed by atoms with Gasteiger partial charge in [-0.1, -0.05) is 48.5 Å². The second-order valence-electron chi connectivity index (χ2n) is 8.24. The summed E-state index contributed by atoms with van der Waals surface area (Å²) in [7, 11) is -2.86. The molecule has 2 fully saturated rings. The third kappa shape index (κ3) is 5.47. The molecule has 2 aliphatic heterocycles. The molecule has 2 saturated heterocycles. The van der Waals surface area contributed by atoms with Crippen molar-refractivity contribution in [2.45, 2.75) is 18.9 Å². The van der Waals surface area contributed by atoms with E-state index in [2.05, 4.69) is 33.3 Å². The molecular formula is C23H29N3O3S. The van der Waals surface area contributed by atoms with Crippen molar-refractivity contribution in [3.05, 3.63) is 65.7 Å². The summed E-state index contributed by atoms with van der Waals surface area (Å²) in [6.45, 7) is 3.57. The van der Waals surface area contributed by atoms with E-state index in [4.69, 9.17) is 0 Å². The Kier molecular flexibility index (Phi) is 6.51. The maximum absolute atomic E-state index is 12.7. The monoisotopic (exact) mass is 427 g/mol. The van der Waals surface area contributed by atoms with Crippen LogP contribution in [0.3, 0.4) is 0 Å². The van der Waals surface area contributed by atoms with E-state index in [0.29, 0.717) is 12.3 Å². The smallest absolute Gasteiger partial charge is 0.238 e. The van der Waals surface area contributed by atoms with Crippen LogP contribution in [0, 0.1) is 0 Å². The fraction of sp³-hybridized carbons (Fsp3) is 0.435. The number of rotatable bonds is 6. The summed E-state index contributed by atoms with van der Waals surface area (Å²) < 4.78 is 23.4. The van der Waals surface area contributed by atoms with Crippen molar-refractivity contribution in [1.82, 2.24) is 9.80 Å². The minimum atomic E-state index is -2.86. The van der Waals surface area contributed by atoms with Gasteiger partial charge in [0.2, 0.25) is 5.91 Å². The minimum Gasteiger partial charge on any atom is -0.325 e. The van der Waals surface area contributed by atoms with E-state index in [1.807, 2.05) is 36.4 Å². The zero-order valence-corrected chi connectivity index (χ0v) is 18.0. The highest BCUT2D eigenvalue weighted by Gasteiger charge is 2.33. The van der Waals surface area contributed by atoms with Crippen molar-refractivity contribution in [1.29, 1.82) is 0 Å². The Morgan fingerprint density at radius 1 is 0.967 bits per heavy atom. The molecule has 6 nitrogen and oxygen atoms in total. The number of piperazine rings is 1. The number of nitrogens with zero attached hydrogens (tertiary/aromatic N) is 2. The number of sulfone groups is 1. The first kappa shape index (κ1) is 21.0. The molecule has 30 heavy (non-hydrogen) atoms. The highest BCUT2D eigenvalue weighted by atomic mass is 32.2. The summed E-state index contributed by atoms with van der Waals surface area (Å²) in [5.74, 6) is 0.585. The van der Waals surface area contributed by atoms with Crippen molar-refractivity contribution in [3.8, 4) is 0 Å². The van der Waals surface area contributed by atoms with E-state index in [9.17, 15) is 13.2 Å². The SMILES string of the molecule is O=C(CN1CCN(C2CCS(=O)(=O)C2)CC1)Nc1ccccc1Cc1ccccc1. The number of para-hydroxylation sites is 1. The summed E-state index contributed by atoms with van der Waals surface area (Å²) in [6.07, 6.45) is 1.52. The maximum atomic E-state index is 12.7. The first-order chi connectivity index (χ1) is 14.5. The molecule has 7 heteroatoms. The lowest BCUT2D eigenvalue weighted by Crippen LogP contribution is -2.52. The first-order valence-electron chi connectivity index (χ1n) is 10.6. The number of benzene rings is 2. The molecule has 0 spiro atoms. The Morgan fingerprint density at radius 2 is 1.67 bits per heavy atom. The van der Waals surface area contributed by atoms with Gasteiger partial charge in [0.1, 0.15) is 0 Å².